The number of aromatic amines is 1. The topological polar surface area (TPSA) is 90.1 Å². The second-order valence-electron chi connectivity index (χ2n) is 5.48. The van der Waals surface area contributed by atoms with Gasteiger partial charge >= 0.3 is 6.03 Å². The Bertz CT molecular complexity index is 515. The van der Waals surface area contributed by atoms with E-state index in [2.05, 4.69) is 39.5 Å². The predicted octanol–water partition coefficient (Wildman–Crippen LogP) is 1.71. The largest absolute Gasteiger partial charge is 0.338 e. The van der Waals surface area contributed by atoms with Crippen molar-refractivity contribution in [2.75, 3.05) is 32.0 Å². The first-order valence-electron chi connectivity index (χ1n) is 7.82. The normalized spacial score (nSPS) is 10.7. The summed E-state index contributed by atoms with van der Waals surface area (Å²) in [4.78, 5) is 31.7. The average Bonchev–Trinajstić information content (AvgIpc) is 2.42. The first kappa shape index (κ1) is 18.2. The molecule has 0 aliphatic heterocycles. The van der Waals surface area contributed by atoms with Crippen molar-refractivity contribution >= 4 is 12.0 Å². The lowest BCUT2D eigenvalue weighted by molar-refractivity contribution is 0.250. The number of aryl methyl sites for hydroxylation is 1. The van der Waals surface area contributed by atoms with E-state index in [0.29, 0.717) is 12.2 Å². The summed E-state index contributed by atoms with van der Waals surface area (Å²) in [5, 5.41) is 5.28. The van der Waals surface area contributed by atoms with Gasteiger partial charge in [-0.2, -0.15) is 0 Å². The summed E-state index contributed by atoms with van der Waals surface area (Å²) >= 11 is 0. The first-order valence-corrected chi connectivity index (χ1v) is 7.82. The third-order valence-corrected chi connectivity index (χ3v) is 3.25. The van der Waals surface area contributed by atoms with E-state index in [4.69, 9.17) is 0 Å². The predicted molar refractivity (Wildman–Crippen MR) is 88.3 cm³/mol. The van der Waals surface area contributed by atoms with Crippen LogP contribution in [-0.4, -0.2) is 47.6 Å². The van der Waals surface area contributed by atoms with Gasteiger partial charge < -0.3 is 10.2 Å². The van der Waals surface area contributed by atoms with Gasteiger partial charge in [0.25, 0.3) is 5.56 Å². The number of unbranched alkanes of at least 4 members (excludes halogenated alkanes) is 2. The van der Waals surface area contributed by atoms with Crippen LogP contribution in [0.1, 0.15) is 38.3 Å². The standard InChI is InChI=1S/C15H27N5O2/c1-4-5-6-9-20(3)10-7-8-16-15(22)19-14-17-12(2)11-13(21)18-14/h11H,4-10H2,1-3H3,(H3,16,17,18,19,21,22). The third-order valence-electron chi connectivity index (χ3n) is 3.25. The maximum Gasteiger partial charge on any atom is 0.321 e. The average molecular weight is 309 g/mol. The zero-order valence-corrected chi connectivity index (χ0v) is 13.7. The molecule has 1 aromatic heterocycles. The summed E-state index contributed by atoms with van der Waals surface area (Å²) in [7, 11) is 2.09. The van der Waals surface area contributed by atoms with E-state index in [9.17, 15) is 9.59 Å². The minimum absolute atomic E-state index is 0.166. The minimum atomic E-state index is -0.359. The van der Waals surface area contributed by atoms with Crippen molar-refractivity contribution in [3.8, 4) is 0 Å². The Labute approximate surface area is 131 Å². The van der Waals surface area contributed by atoms with Crippen LogP contribution in [0.5, 0.6) is 0 Å². The fraction of sp³-hybridized carbons (Fsp3) is 0.667. The second-order valence-corrected chi connectivity index (χ2v) is 5.48. The second kappa shape index (κ2) is 9.94. The number of carbonyl (C=O) groups excluding carboxylic acids is 1. The first-order chi connectivity index (χ1) is 10.5. The van der Waals surface area contributed by atoms with Gasteiger partial charge in [0.15, 0.2) is 0 Å². The highest BCUT2D eigenvalue weighted by molar-refractivity contribution is 5.87. The lowest BCUT2D eigenvalue weighted by Crippen LogP contribution is -2.33. The summed E-state index contributed by atoms with van der Waals surface area (Å²) in [6, 6.07) is 1.01. The number of urea groups is 1. The Balaban J connectivity index is 2.19. The molecule has 1 heterocycles. The van der Waals surface area contributed by atoms with E-state index in [1.54, 1.807) is 6.92 Å². The fourth-order valence-electron chi connectivity index (χ4n) is 2.08. The van der Waals surface area contributed by atoms with Gasteiger partial charge in [0, 0.05) is 18.3 Å². The molecule has 0 aliphatic rings. The molecule has 0 aliphatic carbocycles. The van der Waals surface area contributed by atoms with Gasteiger partial charge in [0.2, 0.25) is 5.95 Å². The number of H-pyrrole nitrogens is 1. The summed E-state index contributed by atoms with van der Waals surface area (Å²) in [5.74, 6) is 0.166. The molecule has 0 spiro atoms. The number of rotatable bonds is 9. The molecule has 7 nitrogen and oxygen atoms in total. The van der Waals surface area contributed by atoms with Crippen molar-refractivity contribution in [1.82, 2.24) is 20.2 Å². The van der Waals surface area contributed by atoms with Crippen LogP contribution in [0, 0.1) is 6.92 Å². The van der Waals surface area contributed by atoms with Gasteiger partial charge in [-0.15, -0.1) is 0 Å². The van der Waals surface area contributed by atoms with Crippen LogP contribution >= 0.6 is 0 Å². The van der Waals surface area contributed by atoms with E-state index in [0.717, 1.165) is 19.5 Å². The number of hydrogen-bond donors (Lipinski definition) is 3. The zero-order valence-electron chi connectivity index (χ0n) is 13.7. The molecular formula is C15H27N5O2. The maximum atomic E-state index is 11.7. The Hall–Kier alpha value is -1.89. The lowest BCUT2D eigenvalue weighted by Gasteiger charge is -2.16. The van der Waals surface area contributed by atoms with Gasteiger partial charge in [0.05, 0.1) is 0 Å². The molecule has 0 saturated heterocycles. The highest BCUT2D eigenvalue weighted by Gasteiger charge is 2.04. The molecule has 124 valence electrons. The van der Waals surface area contributed by atoms with Crippen molar-refractivity contribution in [1.29, 1.82) is 0 Å². The number of hydrogen-bond acceptors (Lipinski definition) is 4. The van der Waals surface area contributed by atoms with E-state index in [-0.39, 0.29) is 17.5 Å². The molecule has 0 aromatic carbocycles. The monoisotopic (exact) mass is 309 g/mol. The van der Waals surface area contributed by atoms with Crippen LogP contribution < -0.4 is 16.2 Å². The molecule has 0 saturated carbocycles. The molecule has 0 bridgehead atoms. The smallest absolute Gasteiger partial charge is 0.321 e. The Morgan fingerprint density at radius 3 is 2.73 bits per heavy atom. The molecular weight excluding hydrogens is 282 g/mol. The fourth-order valence-corrected chi connectivity index (χ4v) is 2.08. The molecule has 0 unspecified atom stereocenters. The van der Waals surface area contributed by atoms with E-state index < -0.39 is 0 Å². The van der Waals surface area contributed by atoms with Crippen LogP contribution in [0.25, 0.3) is 0 Å². The molecule has 0 radical (unpaired) electrons. The summed E-state index contributed by atoms with van der Waals surface area (Å²) in [6.07, 6.45) is 4.58. The molecule has 1 aromatic rings. The van der Waals surface area contributed by atoms with Crippen LogP contribution in [0.3, 0.4) is 0 Å². The van der Waals surface area contributed by atoms with Crippen LogP contribution in [0.15, 0.2) is 10.9 Å². The zero-order chi connectivity index (χ0) is 16.4. The number of amides is 2. The van der Waals surface area contributed by atoms with Crippen molar-refractivity contribution < 1.29 is 4.79 Å². The van der Waals surface area contributed by atoms with Gasteiger partial charge in [-0.1, -0.05) is 19.8 Å². The summed E-state index contributed by atoms with van der Waals surface area (Å²) < 4.78 is 0. The number of nitrogens with one attached hydrogen (secondary N) is 3. The van der Waals surface area contributed by atoms with Crippen LogP contribution in [0.4, 0.5) is 10.7 Å². The molecule has 0 fully saturated rings. The van der Waals surface area contributed by atoms with Crippen molar-refractivity contribution in [2.45, 2.75) is 39.5 Å². The van der Waals surface area contributed by atoms with E-state index >= 15 is 0 Å². The number of aromatic nitrogens is 2. The Kier molecular flexibility index (Phi) is 8.21. The molecule has 3 N–H and O–H groups in total. The molecule has 22 heavy (non-hydrogen) atoms. The number of anilines is 1. The van der Waals surface area contributed by atoms with Gasteiger partial charge in [-0.3, -0.25) is 15.1 Å². The van der Waals surface area contributed by atoms with Gasteiger partial charge in [-0.05, 0) is 39.9 Å². The highest BCUT2D eigenvalue weighted by Crippen LogP contribution is 1.97. The molecule has 1 rings (SSSR count). The quantitative estimate of drug-likeness (QED) is 0.606. The third kappa shape index (κ3) is 7.78. The highest BCUT2D eigenvalue weighted by atomic mass is 16.2. The van der Waals surface area contributed by atoms with Gasteiger partial charge in [-0.25, -0.2) is 9.78 Å². The van der Waals surface area contributed by atoms with Crippen LogP contribution in [0.2, 0.25) is 0 Å². The minimum Gasteiger partial charge on any atom is -0.338 e. The van der Waals surface area contributed by atoms with Crippen LogP contribution in [-0.2, 0) is 0 Å². The van der Waals surface area contributed by atoms with Crippen molar-refractivity contribution in [2.24, 2.45) is 0 Å². The van der Waals surface area contributed by atoms with E-state index in [1.807, 2.05) is 0 Å². The SMILES string of the molecule is CCCCCN(C)CCCNC(=O)Nc1nc(C)cc(=O)[nH]1. The number of nitrogens with zero attached hydrogens (tertiary/aromatic N) is 2. The molecule has 2 amide bonds. The number of carbonyl (C=O) groups is 1. The molecule has 7 heteroatoms. The Morgan fingerprint density at radius 1 is 1.32 bits per heavy atom. The lowest BCUT2D eigenvalue weighted by atomic mass is 10.2. The molecule has 0 atom stereocenters. The summed E-state index contributed by atoms with van der Waals surface area (Å²) in [5.41, 5.74) is 0.282. The van der Waals surface area contributed by atoms with Crippen molar-refractivity contribution in [3.05, 3.63) is 22.1 Å². The summed E-state index contributed by atoms with van der Waals surface area (Å²) in [6.45, 7) is 6.52. The van der Waals surface area contributed by atoms with E-state index in [1.165, 1.54) is 25.3 Å². The maximum absolute atomic E-state index is 11.7. The van der Waals surface area contributed by atoms with Crippen molar-refractivity contribution in [3.63, 3.8) is 0 Å². The Morgan fingerprint density at radius 2 is 2.05 bits per heavy atom. The van der Waals surface area contributed by atoms with Gasteiger partial charge in [0.1, 0.15) is 0 Å².